The zero-order valence-corrected chi connectivity index (χ0v) is 17.9. The molecule has 1 fully saturated rings. The predicted molar refractivity (Wildman–Crippen MR) is 116 cm³/mol. The summed E-state index contributed by atoms with van der Waals surface area (Å²) in [4.78, 5) is 15.4. The van der Waals surface area contributed by atoms with Crippen LogP contribution in [0.1, 0.15) is 47.3 Å². The Morgan fingerprint density at radius 2 is 1.66 bits per heavy atom. The van der Waals surface area contributed by atoms with Crippen molar-refractivity contribution in [2.24, 2.45) is 5.92 Å². The SMILES string of the molecule is COc1cc(OC)cc(C(=O)NCC(c2ccc(C)cc2)N2CCC(C)CC2)c1. The number of methoxy groups -OCH3 is 2. The average molecular weight is 397 g/mol. The minimum absolute atomic E-state index is 0.121. The van der Waals surface area contributed by atoms with Gasteiger partial charge in [-0.15, -0.1) is 0 Å². The number of amides is 1. The van der Waals surface area contributed by atoms with Crippen molar-refractivity contribution in [3.8, 4) is 11.5 Å². The molecule has 1 unspecified atom stereocenters. The van der Waals surface area contributed by atoms with E-state index in [1.807, 2.05) is 0 Å². The first kappa shape index (κ1) is 21.2. The van der Waals surface area contributed by atoms with Crippen LogP contribution in [0.4, 0.5) is 0 Å². The molecule has 1 amide bonds. The second kappa shape index (κ2) is 9.79. The highest BCUT2D eigenvalue weighted by molar-refractivity contribution is 5.95. The van der Waals surface area contributed by atoms with E-state index in [0.29, 0.717) is 23.6 Å². The Bertz CT molecular complexity index is 789. The summed E-state index contributed by atoms with van der Waals surface area (Å²) >= 11 is 0. The molecule has 0 saturated carbocycles. The molecule has 1 N–H and O–H groups in total. The number of rotatable bonds is 7. The maximum Gasteiger partial charge on any atom is 0.251 e. The fourth-order valence-corrected chi connectivity index (χ4v) is 3.82. The maximum atomic E-state index is 12.9. The van der Waals surface area contributed by atoms with Gasteiger partial charge in [-0.05, 0) is 56.5 Å². The zero-order chi connectivity index (χ0) is 20.8. The molecule has 1 heterocycles. The first-order chi connectivity index (χ1) is 14.0. The summed E-state index contributed by atoms with van der Waals surface area (Å²) in [6.07, 6.45) is 2.40. The van der Waals surface area contributed by atoms with Crippen LogP contribution in [0.2, 0.25) is 0 Å². The lowest BCUT2D eigenvalue weighted by Gasteiger charge is -2.37. The van der Waals surface area contributed by atoms with E-state index in [1.54, 1.807) is 32.4 Å². The van der Waals surface area contributed by atoms with Gasteiger partial charge in [0.25, 0.3) is 5.91 Å². The first-order valence-electron chi connectivity index (χ1n) is 10.3. The van der Waals surface area contributed by atoms with Gasteiger partial charge in [0.05, 0.1) is 20.3 Å². The molecule has 0 radical (unpaired) electrons. The van der Waals surface area contributed by atoms with Gasteiger partial charge >= 0.3 is 0 Å². The Morgan fingerprint density at radius 1 is 1.07 bits per heavy atom. The molecule has 156 valence electrons. The number of nitrogens with zero attached hydrogens (tertiary/aromatic N) is 1. The Hall–Kier alpha value is -2.53. The van der Waals surface area contributed by atoms with Crippen molar-refractivity contribution in [1.29, 1.82) is 0 Å². The third-order valence-corrected chi connectivity index (χ3v) is 5.79. The van der Waals surface area contributed by atoms with Gasteiger partial charge in [0.2, 0.25) is 0 Å². The fourth-order valence-electron chi connectivity index (χ4n) is 3.82. The topological polar surface area (TPSA) is 50.8 Å². The Labute approximate surface area is 174 Å². The zero-order valence-electron chi connectivity index (χ0n) is 17.9. The van der Waals surface area contributed by atoms with Crippen molar-refractivity contribution in [2.45, 2.75) is 32.7 Å². The Kier molecular flexibility index (Phi) is 7.15. The highest BCUT2D eigenvalue weighted by Crippen LogP contribution is 2.27. The number of ether oxygens (including phenoxy) is 2. The molecule has 0 spiro atoms. The van der Waals surface area contributed by atoms with Crippen LogP contribution >= 0.6 is 0 Å². The van der Waals surface area contributed by atoms with Gasteiger partial charge in [-0.3, -0.25) is 9.69 Å². The smallest absolute Gasteiger partial charge is 0.251 e. The third-order valence-electron chi connectivity index (χ3n) is 5.79. The van der Waals surface area contributed by atoms with Crippen LogP contribution in [0.15, 0.2) is 42.5 Å². The normalized spacial score (nSPS) is 16.3. The van der Waals surface area contributed by atoms with Gasteiger partial charge in [-0.1, -0.05) is 36.8 Å². The number of likely N-dealkylation sites (tertiary alicyclic amines) is 1. The van der Waals surface area contributed by atoms with E-state index in [1.165, 1.54) is 24.0 Å². The predicted octanol–water partition coefficient (Wildman–Crippen LogP) is 4.22. The molecule has 2 aromatic carbocycles. The maximum absolute atomic E-state index is 12.9. The first-order valence-corrected chi connectivity index (χ1v) is 10.3. The van der Waals surface area contributed by atoms with Crippen LogP contribution in [0.25, 0.3) is 0 Å². The molecular formula is C24H32N2O3. The monoisotopic (exact) mass is 396 g/mol. The van der Waals surface area contributed by atoms with Gasteiger partial charge in [-0.2, -0.15) is 0 Å². The quantitative estimate of drug-likeness (QED) is 0.762. The average Bonchev–Trinajstić information content (AvgIpc) is 2.75. The standard InChI is InChI=1S/C24H32N2O3/c1-17-5-7-19(8-6-17)23(26-11-9-18(2)10-12-26)16-25-24(27)20-13-21(28-3)15-22(14-20)29-4/h5-8,13-15,18,23H,9-12,16H2,1-4H3,(H,25,27). The van der Waals surface area contributed by atoms with E-state index >= 15 is 0 Å². The van der Waals surface area contributed by atoms with Gasteiger partial charge < -0.3 is 14.8 Å². The molecule has 5 heteroatoms. The van der Waals surface area contributed by atoms with Crippen molar-refractivity contribution in [1.82, 2.24) is 10.2 Å². The molecule has 0 aliphatic carbocycles. The number of nitrogens with one attached hydrogen (secondary N) is 1. The molecule has 1 saturated heterocycles. The number of hydrogen-bond acceptors (Lipinski definition) is 4. The number of aryl methyl sites for hydroxylation is 1. The number of carbonyl (C=O) groups excluding carboxylic acids is 1. The lowest BCUT2D eigenvalue weighted by atomic mass is 9.95. The van der Waals surface area contributed by atoms with Crippen LogP contribution in [0.3, 0.4) is 0 Å². The molecule has 1 aliphatic heterocycles. The van der Waals surface area contributed by atoms with Crippen LogP contribution in [0.5, 0.6) is 11.5 Å². The number of piperidine rings is 1. The molecule has 0 aromatic heterocycles. The van der Waals surface area contributed by atoms with Gasteiger partial charge in [0.1, 0.15) is 11.5 Å². The van der Waals surface area contributed by atoms with E-state index in [0.717, 1.165) is 19.0 Å². The number of carbonyl (C=O) groups is 1. The molecular weight excluding hydrogens is 364 g/mol. The second-order valence-electron chi connectivity index (χ2n) is 7.96. The van der Waals surface area contributed by atoms with E-state index in [9.17, 15) is 4.79 Å². The minimum atomic E-state index is -0.121. The summed E-state index contributed by atoms with van der Waals surface area (Å²) in [5, 5.41) is 3.13. The van der Waals surface area contributed by atoms with Crippen molar-refractivity contribution in [2.75, 3.05) is 33.9 Å². The number of hydrogen-bond donors (Lipinski definition) is 1. The summed E-state index contributed by atoms with van der Waals surface area (Å²) in [5.41, 5.74) is 3.03. The lowest BCUT2D eigenvalue weighted by molar-refractivity contribution is 0.0912. The van der Waals surface area contributed by atoms with Gasteiger partial charge in [0, 0.05) is 18.2 Å². The minimum Gasteiger partial charge on any atom is -0.497 e. The summed E-state index contributed by atoms with van der Waals surface area (Å²) in [5.74, 6) is 1.86. The number of benzene rings is 2. The highest BCUT2D eigenvalue weighted by Gasteiger charge is 2.25. The molecule has 1 atom stereocenters. The van der Waals surface area contributed by atoms with Crippen LogP contribution in [-0.2, 0) is 0 Å². The van der Waals surface area contributed by atoms with Crippen molar-refractivity contribution in [3.63, 3.8) is 0 Å². The molecule has 5 nitrogen and oxygen atoms in total. The summed E-state index contributed by atoms with van der Waals surface area (Å²) in [6.45, 7) is 7.09. The van der Waals surface area contributed by atoms with Crippen molar-refractivity contribution in [3.05, 3.63) is 59.2 Å². The second-order valence-corrected chi connectivity index (χ2v) is 7.96. The molecule has 29 heavy (non-hydrogen) atoms. The molecule has 1 aliphatic rings. The van der Waals surface area contributed by atoms with Gasteiger partial charge in [-0.25, -0.2) is 0 Å². The Balaban J connectivity index is 1.75. The molecule has 2 aromatic rings. The van der Waals surface area contributed by atoms with Crippen LogP contribution in [0, 0.1) is 12.8 Å². The largest absolute Gasteiger partial charge is 0.497 e. The van der Waals surface area contributed by atoms with E-state index in [4.69, 9.17) is 9.47 Å². The van der Waals surface area contributed by atoms with E-state index < -0.39 is 0 Å². The van der Waals surface area contributed by atoms with Crippen LogP contribution < -0.4 is 14.8 Å². The molecule has 3 rings (SSSR count). The summed E-state index contributed by atoms with van der Waals surface area (Å²) < 4.78 is 10.6. The van der Waals surface area contributed by atoms with E-state index in [-0.39, 0.29) is 11.9 Å². The Morgan fingerprint density at radius 3 is 2.21 bits per heavy atom. The highest BCUT2D eigenvalue weighted by atomic mass is 16.5. The van der Waals surface area contributed by atoms with Gasteiger partial charge in [0.15, 0.2) is 0 Å². The van der Waals surface area contributed by atoms with Crippen molar-refractivity contribution < 1.29 is 14.3 Å². The summed E-state index contributed by atoms with van der Waals surface area (Å²) in [6, 6.07) is 14.0. The molecule has 0 bridgehead atoms. The summed E-state index contributed by atoms with van der Waals surface area (Å²) in [7, 11) is 3.17. The van der Waals surface area contributed by atoms with Crippen LogP contribution in [-0.4, -0.2) is 44.7 Å². The third kappa shape index (κ3) is 5.51. The fraction of sp³-hybridized carbons (Fsp3) is 0.458. The van der Waals surface area contributed by atoms with Crippen molar-refractivity contribution >= 4 is 5.91 Å². The lowest BCUT2D eigenvalue weighted by Crippen LogP contribution is -2.42. The van der Waals surface area contributed by atoms with E-state index in [2.05, 4.69) is 48.3 Å².